The fourth-order valence-electron chi connectivity index (χ4n) is 2.77. The molecule has 0 radical (unpaired) electrons. The lowest BCUT2D eigenvalue weighted by molar-refractivity contribution is -0.113. The molecule has 0 aliphatic heterocycles. The van der Waals surface area contributed by atoms with Gasteiger partial charge in [0, 0.05) is 19.2 Å². The van der Waals surface area contributed by atoms with E-state index < -0.39 is 0 Å². The van der Waals surface area contributed by atoms with Gasteiger partial charge in [-0.3, -0.25) is 4.79 Å². The fourth-order valence-corrected chi connectivity index (χ4v) is 3.86. The van der Waals surface area contributed by atoms with Crippen molar-refractivity contribution in [1.82, 2.24) is 4.57 Å². The van der Waals surface area contributed by atoms with Crippen LogP contribution in [0.25, 0.3) is 16.3 Å². The lowest BCUT2D eigenvalue weighted by Crippen LogP contribution is -2.19. The Morgan fingerprint density at radius 3 is 2.71 bits per heavy atom. The summed E-state index contributed by atoms with van der Waals surface area (Å²) in [5.74, 6) is 0.528. The van der Waals surface area contributed by atoms with Crippen molar-refractivity contribution >= 4 is 33.5 Å². The van der Waals surface area contributed by atoms with Gasteiger partial charge in [-0.25, -0.2) is 0 Å². The molecule has 28 heavy (non-hydrogen) atoms. The maximum absolute atomic E-state index is 12.4. The van der Waals surface area contributed by atoms with Gasteiger partial charge in [-0.1, -0.05) is 41.7 Å². The van der Waals surface area contributed by atoms with Crippen LogP contribution in [0, 0.1) is 0 Å². The van der Waals surface area contributed by atoms with Gasteiger partial charge in [-0.15, -0.1) is 0 Å². The molecule has 1 aromatic heterocycles. The fraction of sp³-hybridized carbons (Fsp3) is 0.273. The molecule has 146 valence electrons. The zero-order chi connectivity index (χ0) is 19.8. The normalized spacial score (nSPS) is 12.1. The second-order valence-corrected chi connectivity index (χ2v) is 7.00. The maximum Gasteiger partial charge on any atom is 0.272 e. The van der Waals surface area contributed by atoms with Crippen LogP contribution in [0.5, 0.6) is 5.75 Å². The van der Waals surface area contributed by atoms with Crippen molar-refractivity contribution in [2.45, 2.75) is 20.4 Å². The molecule has 0 saturated heterocycles. The Bertz CT molecular complexity index is 1020. The number of benzene rings is 2. The van der Waals surface area contributed by atoms with Crippen molar-refractivity contribution in [2.75, 3.05) is 19.8 Å². The lowest BCUT2D eigenvalue weighted by atomic mass is 10.2. The van der Waals surface area contributed by atoms with Crippen LogP contribution in [-0.2, 0) is 16.1 Å². The Labute approximate surface area is 168 Å². The Morgan fingerprint density at radius 1 is 1.14 bits per heavy atom. The first-order chi connectivity index (χ1) is 13.7. The number of ether oxygens (including phenoxy) is 2. The molecule has 0 N–H and O–H groups in total. The summed E-state index contributed by atoms with van der Waals surface area (Å²) in [5.41, 5.74) is 1.99. The predicted molar refractivity (Wildman–Crippen MR) is 114 cm³/mol. The number of hydrogen-bond acceptors (Lipinski definition) is 4. The van der Waals surface area contributed by atoms with E-state index in [0.29, 0.717) is 31.2 Å². The summed E-state index contributed by atoms with van der Waals surface area (Å²) in [6.07, 6.45) is 3.27. The molecular formula is C22H24N2O3S. The minimum atomic E-state index is -0.286. The molecule has 3 rings (SSSR count). The SMILES string of the molecule is CCOCCn1c(=NC(=O)C=Cc2ccccc2)sc2cc(OCC)ccc21. The number of nitrogens with zero attached hydrogens (tertiary/aromatic N) is 2. The Balaban J connectivity index is 1.94. The first kappa shape index (κ1) is 20.0. The number of fused-ring (bicyclic) bond motifs is 1. The van der Waals surface area contributed by atoms with Crippen molar-refractivity contribution < 1.29 is 14.3 Å². The van der Waals surface area contributed by atoms with Crippen molar-refractivity contribution in [3.63, 3.8) is 0 Å². The van der Waals surface area contributed by atoms with Crippen LogP contribution >= 0.6 is 11.3 Å². The summed E-state index contributed by atoms with van der Waals surface area (Å²) >= 11 is 1.48. The predicted octanol–water partition coefficient (Wildman–Crippen LogP) is 4.28. The molecule has 2 aromatic carbocycles. The van der Waals surface area contributed by atoms with E-state index in [1.165, 1.54) is 17.4 Å². The van der Waals surface area contributed by atoms with Gasteiger partial charge in [0.1, 0.15) is 5.75 Å². The number of rotatable bonds is 8. The van der Waals surface area contributed by atoms with Crippen molar-refractivity contribution in [2.24, 2.45) is 4.99 Å². The molecule has 0 bridgehead atoms. The topological polar surface area (TPSA) is 52.8 Å². The van der Waals surface area contributed by atoms with Crippen molar-refractivity contribution in [1.29, 1.82) is 0 Å². The molecule has 0 aliphatic carbocycles. The highest BCUT2D eigenvalue weighted by molar-refractivity contribution is 7.16. The summed E-state index contributed by atoms with van der Waals surface area (Å²) < 4.78 is 14.2. The summed E-state index contributed by atoms with van der Waals surface area (Å²) in [4.78, 5) is 17.4. The van der Waals surface area contributed by atoms with Crippen LogP contribution in [-0.4, -0.2) is 30.3 Å². The second kappa shape index (κ2) is 10.0. The van der Waals surface area contributed by atoms with Gasteiger partial charge in [0.05, 0.1) is 23.4 Å². The van der Waals surface area contributed by atoms with Gasteiger partial charge in [-0.2, -0.15) is 4.99 Å². The van der Waals surface area contributed by atoms with E-state index >= 15 is 0 Å². The van der Waals surface area contributed by atoms with Crippen LogP contribution in [0.1, 0.15) is 19.4 Å². The minimum absolute atomic E-state index is 0.286. The number of amides is 1. The molecule has 1 heterocycles. The number of carbonyl (C=O) groups excluding carboxylic acids is 1. The summed E-state index contributed by atoms with van der Waals surface area (Å²) in [6.45, 7) is 6.39. The van der Waals surface area contributed by atoms with Gasteiger partial charge < -0.3 is 14.0 Å². The number of aromatic nitrogens is 1. The zero-order valence-electron chi connectivity index (χ0n) is 16.1. The van der Waals surface area contributed by atoms with E-state index in [-0.39, 0.29) is 5.91 Å². The first-order valence-corrected chi connectivity index (χ1v) is 10.2. The molecule has 0 saturated carbocycles. The van der Waals surface area contributed by atoms with Crippen LogP contribution in [0.4, 0.5) is 0 Å². The third-order valence-corrected chi connectivity index (χ3v) is 5.09. The standard InChI is InChI=1S/C22H24N2O3S/c1-3-26-15-14-24-19-12-11-18(27-4-2)16-20(19)28-22(24)23-21(25)13-10-17-8-6-5-7-9-17/h5-13,16H,3-4,14-15H2,1-2H3. The van der Waals surface area contributed by atoms with Crippen molar-refractivity contribution in [3.8, 4) is 5.75 Å². The molecule has 0 fully saturated rings. The van der Waals surface area contributed by atoms with Gasteiger partial charge >= 0.3 is 0 Å². The third kappa shape index (κ3) is 5.18. The summed E-state index contributed by atoms with van der Waals surface area (Å²) in [7, 11) is 0. The average Bonchev–Trinajstić information content (AvgIpc) is 3.04. The Kier molecular flexibility index (Phi) is 7.17. The molecule has 0 spiro atoms. The molecule has 0 aliphatic rings. The van der Waals surface area contributed by atoms with E-state index in [9.17, 15) is 4.79 Å². The smallest absolute Gasteiger partial charge is 0.272 e. The second-order valence-electron chi connectivity index (χ2n) is 5.99. The molecule has 0 unspecified atom stereocenters. The summed E-state index contributed by atoms with van der Waals surface area (Å²) in [6, 6.07) is 15.6. The van der Waals surface area contributed by atoms with E-state index in [4.69, 9.17) is 9.47 Å². The number of thiazole rings is 1. The number of hydrogen-bond donors (Lipinski definition) is 0. The lowest BCUT2D eigenvalue weighted by Gasteiger charge is -2.06. The van der Waals surface area contributed by atoms with Crippen LogP contribution in [0.2, 0.25) is 0 Å². The van der Waals surface area contributed by atoms with Gasteiger partial charge in [0.2, 0.25) is 0 Å². The average molecular weight is 397 g/mol. The Hall–Kier alpha value is -2.70. The highest BCUT2D eigenvalue weighted by atomic mass is 32.1. The van der Waals surface area contributed by atoms with E-state index in [1.807, 2.05) is 66.9 Å². The van der Waals surface area contributed by atoms with Gasteiger partial charge in [0.25, 0.3) is 5.91 Å². The monoisotopic (exact) mass is 396 g/mol. The first-order valence-electron chi connectivity index (χ1n) is 9.37. The van der Waals surface area contributed by atoms with Crippen molar-refractivity contribution in [3.05, 3.63) is 65.0 Å². The van der Waals surface area contributed by atoms with Gasteiger partial charge in [0.15, 0.2) is 4.80 Å². The van der Waals surface area contributed by atoms with Crippen LogP contribution < -0.4 is 9.54 Å². The molecule has 1 amide bonds. The van der Waals surface area contributed by atoms with Crippen LogP contribution in [0.3, 0.4) is 0 Å². The zero-order valence-corrected chi connectivity index (χ0v) is 16.9. The molecular weight excluding hydrogens is 372 g/mol. The molecule has 6 heteroatoms. The Morgan fingerprint density at radius 2 is 1.96 bits per heavy atom. The third-order valence-electron chi connectivity index (χ3n) is 4.05. The highest BCUT2D eigenvalue weighted by Crippen LogP contribution is 2.23. The largest absolute Gasteiger partial charge is 0.494 e. The van der Waals surface area contributed by atoms with E-state index in [2.05, 4.69) is 4.99 Å². The summed E-state index contributed by atoms with van der Waals surface area (Å²) in [5, 5.41) is 0. The maximum atomic E-state index is 12.4. The molecule has 5 nitrogen and oxygen atoms in total. The van der Waals surface area contributed by atoms with Gasteiger partial charge in [-0.05, 0) is 43.7 Å². The molecule has 0 atom stereocenters. The number of carbonyl (C=O) groups is 1. The van der Waals surface area contributed by atoms with E-state index in [1.54, 1.807) is 6.08 Å². The van der Waals surface area contributed by atoms with Crippen LogP contribution in [0.15, 0.2) is 59.6 Å². The molecule has 3 aromatic rings. The van der Waals surface area contributed by atoms with E-state index in [0.717, 1.165) is 21.5 Å². The highest BCUT2D eigenvalue weighted by Gasteiger charge is 2.09. The minimum Gasteiger partial charge on any atom is -0.494 e. The quantitative estimate of drug-likeness (QED) is 0.422.